The van der Waals surface area contributed by atoms with Crippen molar-refractivity contribution in [2.45, 2.75) is 5.92 Å². The highest BCUT2D eigenvalue weighted by Crippen LogP contribution is 2.29. The van der Waals surface area contributed by atoms with Crippen molar-refractivity contribution in [1.29, 1.82) is 0 Å². The first-order chi connectivity index (χ1) is 9.15. The maximum absolute atomic E-state index is 13.4. The van der Waals surface area contributed by atoms with Crippen LogP contribution < -0.4 is 4.74 Å². The highest BCUT2D eigenvalue weighted by Gasteiger charge is 2.15. The molecule has 0 aliphatic carbocycles. The molecule has 2 rings (SSSR count). The molecule has 1 N–H and O–H groups in total. The molecule has 19 heavy (non-hydrogen) atoms. The Balaban J connectivity index is 2.42. The van der Waals surface area contributed by atoms with Crippen LogP contribution in [-0.2, 0) is 0 Å². The third kappa shape index (κ3) is 3.14. The van der Waals surface area contributed by atoms with Gasteiger partial charge in [0.1, 0.15) is 0 Å². The van der Waals surface area contributed by atoms with E-state index >= 15 is 0 Å². The Labute approximate surface area is 120 Å². The van der Waals surface area contributed by atoms with Crippen molar-refractivity contribution in [3.63, 3.8) is 0 Å². The zero-order valence-electron chi connectivity index (χ0n) is 10.4. The summed E-state index contributed by atoms with van der Waals surface area (Å²) in [6.45, 7) is -0.0504. The Hall–Kier alpha value is -1.39. The molecule has 0 aliphatic heterocycles. The molecule has 0 spiro atoms. The lowest BCUT2D eigenvalue weighted by atomic mass is 9.92. The van der Waals surface area contributed by atoms with Crippen LogP contribution in [0.2, 0.25) is 0 Å². The SMILES string of the molecule is COc1cc(C(CO)c2cccc(Br)c2)ccc1F. The van der Waals surface area contributed by atoms with Gasteiger partial charge in [-0.05, 0) is 35.4 Å². The number of aliphatic hydroxyl groups excluding tert-OH is 1. The van der Waals surface area contributed by atoms with Gasteiger partial charge in [-0.25, -0.2) is 4.39 Å². The van der Waals surface area contributed by atoms with Crippen molar-refractivity contribution in [2.75, 3.05) is 13.7 Å². The van der Waals surface area contributed by atoms with Gasteiger partial charge in [0.2, 0.25) is 0 Å². The topological polar surface area (TPSA) is 29.5 Å². The molecule has 0 aromatic heterocycles. The number of halogens is 2. The van der Waals surface area contributed by atoms with Gasteiger partial charge >= 0.3 is 0 Å². The van der Waals surface area contributed by atoms with Crippen molar-refractivity contribution in [2.24, 2.45) is 0 Å². The van der Waals surface area contributed by atoms with Gasteiger partial charge in [-0.3, -0.25) is 0 Å². The highest BCUT2D eigenvalue weighted by atomic mass is 79.9. The van der Waals surface area contributed by atoms with E-state index in [1.54, 1.807) is 12.1 Å². The summed E-state index contributed by atoms with van der Waals surface area (Å²) in [5, 5.41) is 9.61. The zero-order valence-corrected chi connectivity index (χ0v) is 12.0. The lowest BCUT2D eigenvalue weighted by molar-refractivity contribution is 0.280. The number of hydrogen-bond donors (Lipinski definition) is 1. The fourth-order valence-corrected chi connectivity index (χ4v) is 2.44. The Morgan fingerprint density at radius 2 is 1.95 bits per heavy atom. The number of methoxy groups -OCH3 is 1. The van der Waals surface area contributed by atoms with E-state index < -0.39 is 5.82 Å². The van der Waals surface area contributed by atoms with Crippen LogP contribution in [0.25, 0.3) is 0 Å². The maximum atomic E-state index is 13.4. The van der Waals surface area contributed by atoms with Crippen LogP contribution in [0.15, 0.2) is 46.9 Å². The Kier molecular flexibility index (Phi) is 4.56. The van der Waals surface area contributed by atoms with E-state index in [0.717, 1.165) is 15.6 Å². The normalized spacial score (nSPS) is 12.2. The molecule has 0 fully saturated rings. The van der Waals surface area contributed by atoms with E-state index in [1.165, 1.54) is 13.2 Å². The van der Waals surface area contributed by atoms with Crippen LogP contribution in [0, 0.1) is 5.82 Å². The summed E-state index contributed by atoms with van der Waals surface area (Å²) < 4.78 is 19.3. The first kappa shape index (κ1) is 14.0. The lowest BCUT2D eigenvalue weighted by Crippen LogP contribution is -2.06. The first-order valence-electron chi connectivity index (χ1n) is 5.85. The standard InChI is InChI=1S/C15H14BrFO2/c1-19-15-8-11(5-6-14(15)17)13(9-18)10-3-2-4-12(16)7-10/h2-8,13,18H,9H2,1H3. The largest absolute Gasteiger partial charge is 0.494 e. The Morgan fingerprint density at radius 3 is 2.58 bits per heavy atom. The van der Waals surface area contributed by atoms with Crippen molar-refractivity contribution >= 4 is 15.9 Å². The van der Waals surface area contributed by atoms with Gasteiger partial charge in [0, 0.05) is 10.4 Å². The van der Waals surface area contributed by atoms with Crippen molar-refractivity contribution < 1.29 is 14.2 Å². The summed E-state index contributed by atoms with van der Waals surface area (Å²) in [5.41, 5.74) is 1.78. The average Bonchev–Trinajstić information content (AvgIpc) is 2.41. The fraction of sp³-hybridized carbons (Fsp3) is 0.200. The minimum atomic E-state index is -0.405. The number of rotatable bonds is 4. The molecule has 0 saturated carbocycles. The quantitative estimate of drug-likeness (QED) is 0.928. The third-order valence-electron chi connectivity index (χ3n) is 3.01. The predicted molar refractivity (Wildman–Crippen MR) is 76.0 cm³/mol. The van der Waals surface area contributed by atoms with Gasteiger partial charge < -0.3 is 9.84 Å². The van der Waals surface area contributed by atoms with Crippen LogP contribution in [0.3, 0.4) is 0 Å². The van der Waals surface area contributed by atoms with Crippen LogP contribution >= 0.6 is 15.9 Å². The van der Waals surface area contributed by atoms with Crippen LogP contribution in [0.5, 0.6) is 5.75 Å². The van der Waals surface area contributed by atoms with E-state index in [2.05, 4.69) is 15.9 Å². The summed E-state index contributed by atoms with van der Waals surface area (Å²) in [5.74, 6) is -0.421. The molecular weight excluding hydrogens is 311 g/mol. The van der Waals surface area contributed by atoms with Crippen LogP contribution in [0.4, 0.5) is 4.39 Å². The van der Waals surface area contributed by atoms with Crippen molar-refractivity contribution in [3.8, 4) is 5.75 Å². The number of aliphatic hydroxyl groups is 1. The molecule has 2 nitrogen and oxygen atoms in total. The molecular formula is C15H14BrFO2. The van der Waals surface area contributed by atoms with E-state index in [9.17, 15) is 9.50 Å². The Bertz CT molecular complexity index is 572. The summed E-state index contributed by atoms with van der Waals surface area (Å²) in [6.07, 6.45) is 0. The highest BCUT2D eigenvalue weighted by molar-refractivity contribution is 9.10. The van der Waals surface area contributed by atoms with Gasteiger partial charge in [-0.2, -0.15) is 0 Å². The van der Waals surface area contributed by atoms with E-state index in [4.69, 9.17) is 4.74 Å². The second kappa shape index (κ2) is 6.17. The molecule has 0 amide bonds. The smallest absolute Gasteiger partial charge is 0.165 e. The lowest BCUT2D eigenvalue weighted by Gasteiger charge is -2.16. The molecule has 0 radical (unpaired) electrons. The molecule has 2 aromatic carbocycles. The molecule has 100 valence electrons. The monoisotopic (exact) mass is 324 g/mol. The van der Waals surface area contributed by atoms with Crippen LogP contribution in [-0.4, -0.2) is 18.8 Å². The van der Waals surface area contributed by atoms with Gasteiger partial charge in [0.25, 0.3) is 0 Å². The van der Waals surface area contributed by atoms with E-state index in [-0.39, 0.29) is 18.3 Å². The van der Waals surface area contributed by atoms with Gasteiger partial charge in [-0.15, -0.1) is 0 Å². The van der Waals surface area contributed by atoms with Gasteiger partial charge in [-0.1, -0.05) is 34.1 Å². The van der Waals surface area contributed by atoms with Gasteiger partial charge in [0.15, 0.2) is 11.6 Å². The number of hydrogen-bond acceptors (Lipinski definition) is 2. The number of benzene rings is 2. The zero-order chi connectivity index (χ0) is 13.8. The van der Waals surface area contributed by atoms with E-state index in [1.807, 2.05) is 24.3 Å². The number of ether oxygens (including phenoxy) is 1. The molecule has 2 aromatic rings. The molecule has 0 saturated heterocycles. The molecule has 4 heteroatoms. The van der Waals surface area contributed by atoms with Gasteiger partial charge in [0.05, 0.1) is 13.7 Å². The van der Waals surface area contributed by atoms with Crippen molar-refractivity contribution in [3.05, 3.63) is 63.9 Å². The predicted octanol–water partition coefficient (Wildman–Crippen LogP) is 3.72. The summed E-state index contributed by atoms with van der Waals surface area (Å²) >= 11 is 3.41. The summed E-state index contributed by atoms with van der Waals surface area (Å²) in [6, 6.07) is 12.3. The molecule has 0 bridgehead atoms. The van der Waals surface area contributed by atoms with E-state index in [0.29, 0.717) is 0 Å². The second-order valence-electron chi connectivity index (χ2n) is 4.18. The third-order valence-corrected chi connectivity index (χ3v) is 3.50. The molecule has 0 heterocycles. The second-order valence-corrected chi connectivity index (χ2v) is 5.10. The summed E-state index contributed by atoms with van der Waals surface area (Å²) in [7, 11) is 1.43. The first-order valence-corrected chi connectivity index (χ1v) is 6.64. The molecule has 1 atom stereocenters. The fourth-order valence-electron chi connectivity index (χ4n) is 2.02. The molecule has 0 aliphatic rings. The Morgan fingerprint density at radius 1 is 1.21 bits per heavy atom. The maximum Gasteiger partial charge on any atom is 0.165 e. The minimum absolute atomic E-state index is 0.0504. The minimum Gasteiger partial charge on any atom is -0.494 e. The van der Waals surface area contributed by atoms with Crippen molar-refractivity contribution in [1.82, 2.24) is 0 Å². The molecule has 1 unspecified atom stereocenters. The summed E-state index contributed by atoms with van der Waals surface area (Å²) in [4.78, 5) is 0. The average molecular weight is 325 g/mol. The van der Waals surface area contributed by atoms with Crippen LogP contribution in [0.1, 0.15) is 17.0 Å².